The molecule has 0 fully saturated rings. The van der Waals surface area contributed by atoms with Crippen molar-refractivity contribution < 1.29 is 0 Å². The van der Waals surface area contributed by atoms with Crippen molar-refractivity contribution in [1.29, 1.82) is 0 Å². The van der Waals surface area contributed by atoms with Gasteiger partial charge >= 0.3 is 0 Å². The Labute approximate surface area is 421 Å². The van der Waals surface area contributed by atoms with Gasteiger partial charge in [0, 0.05) is 16.7 Å². The summed E-state index contributed by atoms with van der Waals surface area (Å²) in [6.07, 6.45) is 0. The fraction of sp³-hybridized carbons (Fsp3) is 0. The second-order valence-corrected chi connectivity index (χ2v) is 18.0. The highest BCUT2D eigenvalue weighted by Gasteiger charge is 2.16. The Hall–Kier alpha value is -9.57. The molecule has 0 atom stereocenters. The van der Waals surface area contributed by atoms with Gasteiger partial charge in [0.05, 0.1) is 0 Å². The third kappa shape index (κ3) is 9.43. The maximum Gasteiger partial charge on any atom is 0.164 e. The van der Waals surface area contributed by atoms with Gasteiger partial charge in [-0.25, -0.2) is 15.0 Å². The van der Waals surface area contributed by atoms with Gasteiger partial charge in [0.1, 0.15) is 0 Å². The minimum absolute atomic E-state index is 0.606. The molecule has 0 N–H and O–H groups in total. The minimum Gasteiger partial charge on any atom is -0.208 e. The first-order chi connectivity index (χ1) is 35.6. The van der Waals surface area contributed by atoms with Gasteiger partial charge < -0.3 is 0 Å². The summed E-state index contributed by atoms with van der Waals surface area (Å²) < 4.78 is 0. The molecule has 1 heterocycles. The van der Waals surface area contributed by atoms with Crippen LogP contribution in [0.4, 0.5) is 0 Å². The third-order valence-electron chi connectivity index (χ3n) is 13.3. The molecule has 1 aromatic heterocycles. The van der Waals surface area contributed by atoms with Crippen LogP contribution >= 0.6 is 0 Å². The Balaban J connectivity index is 0.906. The molecule has 0 saturated carbocycles. The van der Waals surface area contributed by atoms with Gasteiger partial charge in [0.2, 0.25) is 0 Å². The van der Waals surface area contributed by atoms with Gasteiger partial charge in [-0.2, -0.15) is 0 Å². The lowest BCUT2D eigenvalue weighted by molar-refractivity contribution is 1.07. The SMILES string of the molecule is c1ccc(-c2cccc(-c3cccc(-c4ccc(-c5nc(-c6cccc(-c7cccc(-c8ccccc8)c7)c6)nc(-c6cccc(-c7cccc(-c8cccc(-c9ccccc9)c8)c7)c6)n5)cc4)c3)c2)cc1. The van der Waals surface area contributed by atoms with Crippen LogP contribution < -0.4 is 0 Å². The van der Waals surface area contributed by atoms with Gasteiger partial charge in [-0.3, -0.25) is 0 Å². The molecule has 0 aliphatic heterocycles. The first-order valence-electron chi connectivity index (χ1n) is 24.4. The summed E-state index contributed by atoms with van der Waals surface area (Å²) in [5, 5.41) is 0. The highest BCUT2D eigenvalue weighted by Crippen LogP contribution is 2.35. The fourth-order valence-corrected chi connectivity index (χ4v) is 9.53. The first-order valence-corrected chi connectivity index (χ1v) is 24.4. The molecule has 0 unspecified atom stereocenters. The highest BCUT2D eigenvalue weighted by atomic mass is 15.0. The number of aromatic nitrogens is 3. The summed E-state index contributed by atoms with van der Waals surface area (Å²) in [4.78, 5) is 15.7. The van der Waals surface area contributed by atoms with Crippen molar-refractivity contribution >= 4 is 0 Å². The predicted molar refractivity (Wildman–Crippen MR) is 300 cm³/mol. The van der Waals surface area contributed by atoms with Gasteiger partial charge in [0.15, 0.2) is 17.5 Å². The molecular formula is C69H47N3. The summed E-state index contributed by atoms with van der Waals surface area (Å²) in [5.41, 5.74) is 21.2. The van der Waals surface area contributed by atoms with Crippen molar-refractivity contribution in [3.8, 4) is 123 Å². The van der Waals surface area contributed by atoms with Crippen molar-refractivity contribution in [3.05, 3.63) is 285 Å². The number of benzene rings is 11. The zero-order chi connectivity index (χ0) is 48.1. The zero-order valence-electron chi connectivity index (χ0n) is 39.5. The van der Waals surface area contributed by atoms with Crippen LogP contribution in [0.1, 0.15) is 0 Å². The smallest absolute Gasteiger partial charge is 0.164 e. The van der Waals surface area contributed by atoms with E-state index in [4.69, 9.17) is 15.0 Å². The first kappa shape index (κ1) is 43.7. The fourth-order valence-electron chi connectivity index (χ4n) is 9.53. The number of hydrogen-bond donors (Lipinski definition) is 0. The molecule has 0 radical (unpaired) electrons. The normalized spacial score (nSPS) is 11.1. The van der Waals surface area contributed by atoms with E-state index in [1.54, 1.807) is 0 Å². The highest BCUT2D eigenvalue weighted by molar-refractivity contribution is 5.82. The van der Waals surface area contributed by atoms with Crippen molar-refractivity contribution in [3.63, 3.8) is 0 Å². The average molecular weight is 918 g/mol. The van der Waals surface area contributed by atoms with E-state index in [0.29, 0.717) is 17.5 Å². The summed E-state index contributed by atoms with van der Waals surface area (Å²) in [6.45, 7) is 0. The number of rotatable bonds is 11. The van der Waals surface area contributed by atoms with E-state index in [0.717, 1.165) is 55.6 Å². The monoisotopic (exact) mass is 917 g/mol. The van der Waals surface area contributed by atoms with Crippen LogP contribution in [0, 0.1) is 0 Å². The second-order valence-electron chi connectivity index (χ2n) is 18.0. The second kappa shape index (κ2) is 19.8. The molecule has 0 bridgehead atoms. The molecule has 12 aromatic rings. The summed E-state index contributed by atoms with van der Waals surface area (Å²) in [7, 11) is 0. The van der Waals surface area contributed by atoms with E-state index >= 15 is 0 Å². The van der Waals surface area contributed by atoms with Crippen molar-refractivity contribution in [2.45, 2.75) is 0 Å². The van der Waals surface area contributed by atoms with Gasteiger partial charge in [-0.15, -0.1) is 0 Å². The molecule has 0 spiro atoms. The Morgan fingerprint density at radius 2 is 0.292 bits per heavy atom. The van der Waals surface area contributed by atoms with Crippen LogP contribution in [0.15, 0.2) is 285 Å². The van der Waals surface area contributed by atoms with Crippen LogP contribution in [-0.4, -0.2) is 15.0 Å². The molecule has 0 aliphatic carbocycles. The standard InChI is InChI=1S/C69H47N3/c1-4-17-48(18-5-1)53-23-10-27-57(41-53)59-29-13-26-56(44-59)51-37-39-52(40-38-51)67-70-68(65-35-15-33-63(46-65)60-30-12-25-55(43-60)50-21-8-3-9-22-50)72-69(71-67)66-36-16-34-64(47-66)62-32-14-31-61(45-62)58-28-11-24-54(42-58)49-19-6-2-7-20-49/h1-47H. The maximum atomic E-state index is 5.24. The van der Waals surface area contributed by atoms with Gasteiger partial charge in [-0.1, -0.05) is 243 Å². The molecule has 338 valence electrons. The lowest BCUT2D eigenvalue weighted by Crippen LogP contribution is -2.00. The Morgan fingerprint density at radius 3 is 0.556 bits per heavy atom. The molecule has 3 nitrogen and oxygen atoms in total. The maximum absolute atomic E-state index is 5.24. The largest absolute Gasteiger partial charge is 0.208 e. The zero-order valence-corrected chi connectivity index (χ0v) is 39.5. The van der Waals surface area contributed by atoms with Crippen LogP contribution in [0.25, 0.3) is 123 Å². The molecule has 11 aromatic carbocycles. The van der Waals surface area contributed by atoms with Gasteiger partial charge in [-0.05, 0) is 131 Å². The van der Waals surface area contributed by atoms with Crippen molar-refractivity contribution in [1.82, 2.24) is 15.0 Å². The molecule has 72 heavy (non-hydrogen) atoms. The van der Waals surface area contributed by atoms with Crippen molar-refractivity contribution in [2.24, 2.45) is 0 Å². The van der Waals surface area contributed by atoms with E-state index in [-0.39, 0.29) is 0 Å². The van der Waals surface area contributed by atoms with E-state index in [2.05, 4.69) is 285 Å². The quantitative estimate of drug-likeness (QED) is 0.130. The molecule has 12 rings (SSSR count). The minimum atomic E-state index is 0.606. The average Bonchev–Trinajstić information content (AvgIpc) is 3.48. The van der Waals surface area contributed by atoms with Crippen LogP contribution in [0.2, 0.25) is 0 Å². The Morgan fingerprint density at radius 1 is 0.125 bits per heavy atom. The molecule has 0 amide bonds. The molecule has 3 heteroatoms. The van der Waals surface area contributed by atoms with Crippen LogP contribution in [0.5, 0.6) is 0 Å². The Kier molecular flexibility index (Phi) is 12.0. The third-order valence-corrected chi connectivity index (χ3v) is 13.3. The van der Waals surface area contributed by atoms with E-state index in [1.807, 2.05) is 0 Å². The van der Waals surface area contributed by atoms with Crippen molar-refractivity contribution in [2.75, 3.05) is 0 Å². The topological polar surface area (TPSA) is 38.7 Å². The van der Waals surface area contributed by atoms with Crippen LogP contribution in [-0.2, 0) is 0 Å². The Bertz CT molecular complexity index is 3850. The van der Waals surface area contributed by atoms with Gasteiger partial charge in [0.25, 0.3) is 0 Å². The molecule has 0 aliphatic rings. The van der Waals surface area contributed by atoms with Crippen LogP contribution in [0.3, 0.4) is 0 Å². The predicted octanol–water partition coefficient (Wildman–Crippen LogP) is 18.2. The number of nitrogens with zero attached hydrogens (tertiary/aromatic N) is 3. The van der Waals surface area contributed by atoms with E-state index in [1.165, 1.54) is 50.1 Å². The van der Waals surface area contributed by atoms with E-state index in [9.17, 15) is 0 Å². The lowest BCUT2D eigenvalue weighted by atomic mass is 9.95. The van der Waals surface area contributed by atoms with E-state index < -0.39 is 0 Å². The summed E-state index contributed by atoms with van der Waals surface area (Å²) in [6, 6.07) is 101. The summed E-state index contributed by atoms with van der Waals surface area (Å²) in [5.74, 6) is 1.82. The lowest BCUT2D eigenvalue weighted by Gasteiger charge is -2.12. The number of hydrogen-bond acceptors (Lipinski definition) is 3. The summed E-state index contributed by atoms with van der Waals surface area (Å²) >= 11 is 0. The molecule has 0 saturated heterocycles. The molecular weight excluding hydrogens is 871 g/mol.